The number of rotatable bonds is 4. The van der Waals surface area contributed by atoms with Crippen LogP contribution in [-0.2, 0) is 5.41 Å². The van der Waals surface area contributed by atoms with Gasteiger partial charge in [-0.15, -0.1) is 0 Å². The van der Waals surface area contributed by atoms with Crippen LogP contribution in [0.3, 0.4) is 0 Å². The van der Waals surface area contributed by atoms with Crippen LogP contribution in [-0.4, -0.2) is 52.7 Å². The molecule has 1 aromatic heterocycles. The van der Waals surface area contributed by atoms with E-state index >= 15 is 0 Å². The van der Waals surface area contributed by atoms with Crippen molar-refractivity contribution < 1.29 is 14.6 Å². The number of likely N-dealkylation sites (tertiary alicyclic amines) is 1. The average molecular weight is 327 g/mol. The lowest BCUT2D eigenvalue weighted by molar-refractivity contribution is 0.0537. The van der Waals surface area contributed by atoms with E-state index in [4.69, 9.17) is 4.74 Å². The second-order valence-electron chi connectivity index (χ2n) is 6.08. The van der Waals surface area contributed by atoms with Crippen LogP contribution in [0.4, 0.5) is 0 Å². The minimum absolute atomic E-state index is 0.00783. The molecule has 1 N–H and O–H groups in total. The van der Waals surface area contributed by atoms with E-state index in [1.165, 1.54) is 13.4 Å². The molecule has 6 nitrogen and oxygen atoms in total. The Morgan fingerprint density at radius 3 is 2.83 bits per heavy atom. The summed E-state index contributed by atoms with van der Waals surface area (Å²) in [5.41, 5.74) is 0.945. The highest BCUT2D eigenvalue weighted by atomic mass is 16.5. The SMILES string of the molecule is COc1cc(C(=O)N2CCCC(CO)(c3ccccc3)C2)ncn1. The molecule has 0 bridgehead atoms. The molecule has 0 aliphatic carbocycles. The largest absolute Gasteiger partial charge is 0.481 e. The van der Waals surface area contributed by atoms with Gasteiger partial charge in [-0.3, -0.25) is 4.79 Å². The average Bonchev–Trinajstić information content (AvgIpc) is 2.68. The standard InChI is InChI=1S/C18H21N3O3/c1-24-16-10-15(19-13-20-16)17(23)21-9-5-8-18(11-21,12-22)14-6-3-2-4-7-14/h2-4,6-7,10,13,22H,5,8-9,11-12H2,1H3. The topological polar surface area (TPSA) is 75.5 Å². The summed E-state index contributed by atoms with van der Waals surface area (Å²) in [7, 11) is 1.50. The molecule has 6 heteroatoms. The smallest absolute Gasteiger partial charge is 0.272 e. The zero-order valence-electron chi connectivity index (χ0n) is 13.7. The molecular formula is C18H21N3O3. The van der Waals surface area contributed by atoms with Gasteiger partial charge in [0, 0.05) is 24.6 Å². The Morgan fingerprint density at radius 1 is 1.33 bits per heavy atom. The number of nitrogens with zero attached hydrogens (tertiary/aromatic N) is 3. The van der Waals surface area contributed by atoms with Crippen molar-refractivity contribution in [1.82, 2.24) is 14.9 Å². The first-order valence-electron chi connectivity index (χ1n) is 8.00. The Hall–Kier alpha value is -2.47. The zero-order chi connectivity index (χ0) is 17.0. The van der Waals surface area contributed by atoms with Gasteiger partial charge >= 0.3 is 0 Å². The van der Waals surface area contributed by atoms with Gasteiger partial charge in [-0.2, -0.15) is 0 Å². The van der Waals surface area contributed by atoms with Crippen molar-refractivity contribution in [3.63, 3.8) is 0 Å². The first-order chi connectivity index (χ1) is 11.7. The number of methoxy groups -OCH3 is 1. The summed E-state index contributed by atoms with van der Waals surface area (Å²) in [6.07, 6.45) is 3.01. The van der Waals surface area contributed by atoms with Crippen molar-refractivity contribution in [3.8, 4) is 5.88 Å². The van der Waals surface area contributed by atoms with Crippen LogP contribution in [0.2, 0.25) is 0 Å². The number of piperidine rings is 1. The van der Waals surface area contributed by atoms with E-state index in [-0.39, 0.29) is 12.5 Å². The maximum Gasteiger partial charge on any atom is 0.272 e. The van der Waals surface area contributed by atoms with Gasteiger partial charge in [0.25, 0.3) is 5.91 Å². The maximum absolute atomic E-state index is 12.8. The van der Waals surface area contributed by atoms with Crippen molar-refractivity contribution in [2.75, 3.05) is 26.8 Å². The molecule has 126 valence electrons. The van der Waals surface area contributed by atoms with Crippen LogP contribution < -0.4 is 4.74 Å². The number of carbonyl (C=O) groups is 1. The number of ether oxygens (including phenoxy) is 1. The second kappa shape index (κ2) is 6.97. The lowest BCUT2D eigenvalue weighted by Crippen LogP contribution is -2.50. The number of aliphatic hydroxyl groups excluding tert-OH is 1. The summed E-state index contributed by atoms with van der Waals surface area (Å²) in [6.45, 7) is 1.13. The van der Waals surface area contributed by atoms with Crippen LogP contribution in [0.5, 0.6) is 5.88 Å². The van der Waals surface area contributed by atoms with Crippen LogP contribution >= 0.6 is 0 Å². The van der Waals surface area contributed by atoms with E-state index in [9.17, 15) is 9.90 Å². The molecule has 2 heterocycles. The third kappa shape index (κ3) is 3.10. The van der Waals surface area contributed by atoms with Gasteiger partial charge in [0.05, 0.1) is 13.7 Å². The summed E-state index contributed by atoms with van der Waals surface area (Å²) in [6, 6.07) is 11.4. The number of amides is 1. The van der Waals surface area contributed by atoms with E-state index in [2.05, 4.69) is 9.97 Å². The van der Waals surface area contributed by atoms with Crippen molar-refractivity contribution in [2.24, 2.45) is 0 Å². The molecule has 1 aromatic carbocycles. The number of aliphatic hydroxyl groups is 1. The van der Waals surface area contributed by atoms with Crippen LogP contribution in [0.25, 0.3) is 0 Å². The number of benzene rings is 1. The molecule has 0 saturated carbocycles. The Kier molecular flexibility index (Phi) is 4.76. The predicted molar refractivity (Wildman–Crippen MR) is 88.9 cm³/mol. The molecule has 1 atom stereocenters. The molecule has 2 aromatic rings. The fourth-order valence-electron chi connectivity index (χ4n) is 3.28. The van der Waals surface area contributed by atoms with E-state index in [1.807, 2.05) is 30.3 Å². The number of hydrogen-bond donors (Lipinski definition) is 1. The molecule has 1 aliphatic heterocycles. The molecule has 1 amide bonds. The highest BCUT2D eigenvalue weighted by Crippen LogP contribution is 2.34. The third-order valence-corrected chi connectivity index (χ3v) is 4.62. The number of aromatic nitrogens is 2. The summed E-state index contributed by atoms with van der Waals surface area (Å²) >= 11 is 0. The summed E-state index contributed by atoms with van der Waals surface area (Å²) < 4.78 is 5.06. The molecule has 1 saturated heterocycles. The second-order valence-corrected chi connectivity index (χ2v) is 6.08. The van der Waals surface area contributed by atoms with Gasteiger partial charge in [0.2, 0.25) is 5.88 Å². The molecule has 1 aliphatic rings. The highest BCUT2D eigenvalue weighted by molar-refractivity contribution is 5.92. The fourth-order valence-corrected chi connectivity index (χ4v) is 3.28. The molecule has 1 fully saturated rings. The first-order valence-corrected chi connectivity index (χ1v) is 8.00. The Balaban J connectivity index is 1.85. The van der Waals surface area contributed by atoms with Crippen LogP contribution in [0.1, 0.15) is 28.9 Å². The Bertz CT molecular complexity index is 708. The van der Waals surface area contributed by atoms with E-state index in [1.54, 1.807) is 11.0 Å². The summed E-state index contributed by atoms with van der Waals surface area (Å²) in [5, 5.41) is 10.1. The minimum atomic E-state index is -0.424. The summed E-state index contributed by atoms with van der Waals surface area (Å²) in [5.74, 6) is 0.200. The molecule has 0 spiro atoms. The molecule has 3 rings (SSSR count). The van der Waals surface area contributed by atoms with Crippen molar-refractivity contribution >= 4 is 5.91 Å². The fraction of sp³-hybridized carbons (Fsp3) is 0.389. The Labute approximate surface area is 141 Å². The van der Waals surface area contributed by atoms with Gasteiger partial charge < -0.3 is 14.7 Å². The van der Waals surface area contributed by atoms with E-state index in [0.29, 0.717) is 24.7 Å². The van der Waals surface area contributed by atoms with Crippen molar-refractivity contribution in [2.45, 2.75) is 18.3 Å². The van der Waals surface area contributed by atoms with Crippen molar-refractivity contribution in [1.29, 1.82) is 0 Å². The summed E-state index contributed by atoms with van der Waals surface area (Å²) in [4.78, 5) is 22.6. The number of hydrogen-bond acceptors (Lipinski definition) is 5. The maximum atomic E-state index is 12.8. The zero-order valence-corrected chi connectivity index (χ0v) is 13.7. The Morgan fingerprint density at radius 2 is 2.12 bits per heavy atom. The highest BCUT2D eigenvalue weighted by Gasteiger charge is 2.38. The molecule has 24 heavy (non-hydrogen) atoms. The van der Waals surface area contributed by atoms with Crippen LogP contribution in [0.15, 0.2) is 42.7 Å². The van der Waals surface area contributed by atoms with Gasteiger partial charge in [-0.05, 0) is 18.4 Å². The molecular weight excluding hydrogens is 306 g/mol. The lowest BCUT2D eigenvalue weighted by Gasteiger charge is -2.42. The lowest BCUT2D eigenvalue weighted by atomic mass is 9.74. The minimum Gasteiger partial charge on any atom is -0.481 e. The predicted octanol–water partition coefficient (Wildman–Crippen LogP) is 1.65. The van der Waals surface area contributed by atoms with Gasteiger partial charge in [0.15, 0.2) is 0 Å². The van der Waals surface area contributed by atoms with Gasteiger partial charge in [-0.25, -0.2) is 9.97 Å². The number of carbonyl (C=O) groups excluding carboxylic acids is 1. The first kappa shape index (κ1) is 16.4. The van der Waals surface area contributed by atoms with E-state index < -0.39 is 5.41 Å². The van der Waals surface area contributed by atoms with Gasteiger partial charge in [0.1, 0.15) is 12.0 Å². The third-order valence-electron chi connectivity index (χ3n) is 4.62. The van der Waals surface area contributed by atoms with Gasteiger partial charge in [-0.1, -0.05) is 30.3 Å². The quantitative estimate of drug-likeness (QED) is 0.924. The molecule has 0 radical (unpaired) electrons. The van der Waals surface area contributed by atoms with E-state index in [0.717, 1.165) is 18.4 Å². The normalized spacial score (nSPS) is 20.7. The van der Waals surface area contributed by atoms with Crippen LogP contribution in [0, 0.1) is 0 Å². The van der Waals surface area contributed by atoms with Crippen molar-refractivity contribution in [3.05, 3.63) is 54.0 Å². The monoisotopic (exact) mass is 327 g/mol. The molecule has 1 unspecified atom stereocenters.